The van der Waals surface area contributed by atoms with Gasteiger partial charge >= 0.3 is 0 Å². The molecule has 0 radical (unpaired) electrons. The monoisotopic (exact) mass is 237 g/mol. The molecule has 0 aliphatic heterocycles. The van der Waals surface area contributed by atoms with Crippen molar-refractivity contribution in [3.05, 3.63) is 23.8 Å². The summed E-state index contributed by atoms with van der Waals surface area (Å²) >= 11 is 0. The maximum atomic E-state index is 5.34. The second kappa shape index (κ2) is 5.92. The van der Waals surface area contributed by atoms with Gasteiger partial charge < -0.3 is 14.8 Å². The van der Waals surface area contributed by atoms with Crippen molar-refractivity contribution in [3.63, 3.8) is 0 Å². The van der Waals surface area contributed by atoms with Crippen molar-refractivity contribution >= 4 is 0 Å². The Morgan fingerprint density at radius 2 is 1.76 bits per heavy atom. The summed E-state index contributed by atoms with van der Waals surface area (Å²) in [6, 6.07) is 6.14. The Morgan fingerprint density at radius 1 is 1.12 bits per heavy atom. The van der Waals surface area contributed by atoms with Crippen molar-refractivity contribution in [2.75, 3.05) is 27.8 Å². The number of benzene rings is 1. The third-order valence-corrected chi connectivity index (χ3v) is 3.17. The highest BCUT2D eigenvalue weighted by molar-refractivity contribution is 5.44. The van der Waals surface area contributed by atoms with E-state index in [0.29, 0.717) is 0 Å². The van der Waals surface area contributed by atoms with Crippen LogP contribution in [0.5, 0.6) is 11.5 Å². The summed E-state index contributed by atoms with van der Waals surface area (Å²) in [6.07, 6.45) is 1.08. The molecule has 0 heterocycles. The summed E-state index contributed by atoms with van der Waals surface area (Å²) in [5.41, 5.74) is 1.40. The normalized spacial score (nSPS) is 11.4. The predicted octanol–water partition coefficient (Wildman–Crippen LogP) is 2.59. The topological polar surface area (TPSA) is 30.5 Å². The van der Waals surface area contributed by atoms with Gasteiger partial charge in [-0.2, -0.15) is 0 Å². The van der Waals surface area contributed by atoms with Gasteiger partial charge in [-0.05, 0) is 43.1 Å². The Morgan fingerprint density at radius 3 is 2.29 bits per heavy atom. The molecule has 0 bridgehead atoms. The van der Waals surface area contributed by atoms with Crippen LogP contribution in [0.2, 0.25) is 0 Å². The lowest BCUT2D eigenvalue weighted by atomic mass is 9.81. The summed E-state index contributed by atoms with van der Waals surface area (Å²) < 4.78 is 10.6. The molecule has 17 heavy (non-hydrogen) atoms. The highest BCUT2D eigenvalue weighted by Crippen LogP contribution is 2.34. The Hall–Kier alpha value is -1.22. The van der Waals surface area contributed by atoms with E-state index in [2.05, 4.69) is 31.3 Å². The molecule has 96 valence electrons. The molecule has 0 spiro atoms. The molecule has 1 N–H and O–H groups in total. The zero-order valence-corrected chi connectivity index (χ0v) is 11.5. The minimum Gasteiger partial charge on any atom is -0.493 e. The first-order chi connectivity index (χ1) is 8.05. The van der Waals surface area contributed by atoms with Crippen molar-refractivity contribution in [2.24, 2.45) is 0 Å². The van der Waals surface area contributed by atoms with Gasteiger partial charge in [0.1, 0.15) is 0 Å². The van der Waals surface area contributed by atoms with Crippen LogP contribution in [0.3, 0.4) is 0 Å². The number of methoxy groups -OCH3 is 2. The fourth-order valence-corrected chi connectivity index (χ4v) is 1.84. The van der Waals surface area contributed by atoms with Crippen molar-refractivity contribution in [2.45, 2.75) is 25.7 Å². The summed E-state index contributed by atoms with van der Waals surface area (Å²) in [4.78, 5) is 0. The van der Waals surface area contributed by atoms with Gasteiger partial charge in [0, 0.05) is 0 Å². The van der Waals surface area contributed by atoms with E-state index in [1.54, 1.807) is 14.2 Å². The second-order valence-corrected chi connectivity index (χ2v) is 4.81. The molecule has 3 heteroatoms. The molecule has 0 atom stereocenters. The molecule has 0 fully saturated rings. The van der Waals surface area contributed by atoms with Crippen LogP contribution in [0.4, 0.5) is 0 Å². The molecule has 0 unspecified atom stereocenters. The SMILES string of the molecule is CNCCC(C)(C)c1ccc(OC)c(OC)c1. The van der Waals surface area contributed by atoms with Crippen molar-refractivity contribution in [1.29, 1.82) is 0 Å². The van der Waals surface area contributed by atoms with E-state index in [0.717, 1.165) is 24.5 Å². The standard InChI is InChI=1S/C14H23NO2/c1-14(2,8-9-15-3)11-6-7-12(16-4)13(10-11)17-5/h6-7,10,15H,8-9H2,1-5H3. The first kappa shape index (κ1) is 13.8. The lowest BCUT2D eigenvalue weighted by Crippen LogP contribution is -2.23. The molecule has 1 rings (SSSR count). The second-order valence-electron chi connectivity index (χ2n) is 4.81. The summed E-state index contributed by atoms with van der Waals surface area (Å²) in [6.45, 7) is 5.48. The van der Waals surface area contributed by atoms with E-state index >= 15 is 0 Å². The fraction of sp³-hybridized carbons (Fsp3) is 0.571. The minimum atomic E-state index is 0.128. The van der Waals surface area contributed by atoms with Crippen LogP contribution >= 0.6 is 0 Å². The first-order valence-electron chi connectivity index (χ1n) is 5.92. The van der Waals surface area contributed by atoms with Crippen molar-refractivity contribution in [1.82, 2.24) is 5.32 Å². The maximum Gasteiger partial charge on any atom is 0.161 e. The van der Waals surface area contributed by atoms with E-state index in [1.165, 1.54) is 5.56 Å². The van der Waals surface area contributed by atoms with Crippen LogP contribution in [0.1, 0.15) is 25.8 Å². The van der Waals surface area contributed by atoms with Gasteiger partial charge in [-0.3, -0.25) is 0 Å². The summed E-state index contributed by atoms with van der Waals surface area (Å²) in [5, 5.41) is 3.19. The van der Waals surface area contributed by atoms with Crippen LogP contribution in [0.15, 0.2) is 18.2 Å². The van der Waals surface area contributed by atoms with E-state index in [9.17, 15) is 0 Å². The Labute approximate surface area is 104 Å². The molecule has 0 saturated carbocycles. The van der Waals surface area contributed by atoms with Crippen LogP contribution in [-0.2, 0) is 5.41 Å². The molecule has 3 nitrogen and oxygen atoms in total. The number of nitrogens with one attached hydrogen (secondary N) is 1. The zero-order valence-electron chi connectivity index (χ0n) is 11.5. The number of hydrogen-bond donors (Lipinski definition) is 1. The van der Waals surface area contributed by atoms with Crippen LogP contribution in [0, 0.1) is 0 Å². The molecule has 0 amide bonds. The Bertz CT molecular complexity index is 361. The Balaban J connectivity index is 2.98. The van der Waals surface area contributed by atoms with Crippen molar-refractivity contribution in [3.8, 4) is 11.5 Å². The third kappa shape index (κ3) is 3.37. The lowest BCUT2D eigenvalue weighted by molar-refractivity contribution is 0.352. The van der Waals surface area contributed by atoms with Crippen LogP contribution in [0.25, 0.3) is 0 Å². The van der Waals surface area contributed by atoms with Gasteiger partial charge in [-0.1, -0.05) is 19.9 Å². The van der Waals surface area contributed by atoms with Crippen LogP contribution < -0.4 is 14.8 Å². The van der Waals surface area contributed by atoms with E-state index in [1.807, 2.05) is 13.1 Å². The molecule has 0 aromatic heterocycles. The molecule has 0 aliphatic rings. The molecule has 1 aromatic carbocycles. The maximum absolute atomic E-state index is 5.34. The highest BCUT2D eigenvalue weighted by atomic mass is 16.5. The van der Waals surface area contributed by atoms with E-state index in [4.69, 9.17) is 9.47 Å². The van der Waals surface area contributed by atoms with Gasteiger partial charge in [0.15, 0.2) is 11.5 Å². The number of ether oxygens (including phenoxy) is 2. The van der Waals surface area contributed by atoms with Gasteiger partial charge in [0.05, 0.1) is 14.2 Å². The average molecular weight is 237 g/mol. The average Bonchev–Trinajstić information content (AvgIpc) is 2.35. The van der Waals surface area contributed by atoms with Gasteiger partial charge in [0.25, 0.3) is 0 Å². The van der Waals surface area contributed by atoms with Crippen LogP contribution in [-0.4, -0.2) is 27.8 Å². The number of rotatable bonds is 6. The molecular formula is C14H23NO2. The number of hydrogen-bond acceptors (Lipinski definition) is 3. The summed E-state index contributed by atoms with van der Waals surface area (Å²) in [7, 11) is 5.30. The predicted molar refractivity (Wildman–Crippen MR) is 71.1 cm³/mol. The summed E-state index contributed by atoms with van der Waals surface area (Å²) in [5.74, 6) is 1.57. The fourth-order valence-electron chi connectivity index (χ4n) is 1.84. The quantitative estimate of drug-likeness (QED) is 0.825. The van der Waals surface area contributed by atoms with Gasteiger partial charge in [0.2, 0.25) is 0 Å². The van der Waals surface area contributed by atoms with Crippen molar-refractivity contribution < 1.29 is 9.47 Å². The van der Waals surface area contributed by atoms with Gasteiger partial charge in [-0.15, -0.1) is 0 Å². The lowest BCUT2D eigenvalue weighted by Gasteiger charge is -2.26. The third-order valence-electron chi connectivity index (χ3n) is 3.17. The molecule has 1 aromatic rings. The molecule has 0 aliphatic carbocycles. The van der Waals surface area contributed by atoms with E-state index in [-0.39, 0.29) is 5.41 Å². The van der Waals surface area contributed by atoms with E-state index < -0.39 is 0 Å². The Kier molecular flexibility index (Phi) is 4.82. The largest absolute Gasteiger partial charge is 0.493 e. The highest BCUT2D eigenvalue weighted by Gasteiger charge is 2.21. The minimum absolute atomic E-state index is 0.128. The smallest absolute Gasteiger partial charge is 0.161 e. The molecule has 0 saturated heterocycles. The first-order valence-corrected chi connectivity index (χ1v) is 5.92. The molecular weight excluding hydrogens is 214 g/mol. The zero-order chi connectivity index (χ0) is 12.9. The van der Waals surface area contributed by atoms with Gasteiger partial charge in [-0.25, -0.2) is 0 Å².